The average Bonchev–Trinajstić information content (AvgIpc) is 2.46. The third-order valence-electron chi connectivity index (χ3n) is 3.71. The number of hydrogen-bond acceptors (Lipinski definition) is 5. The summed E-state index contributed by atoms with van der Waals surface area (Å²) in [5.74, 6) is 0. The van der Waals surface area contributed by atoms with Crippen LogP contribution in [-0.2, 0) is 0 Å². The maximum atomic E-state index is 11.1. The van der Waals surface area contributed by atoms with Crippen LogP contribution in [0.5, 0.6) is 0 Å². The second kappa shape index (κ2) is 5.05. The molecule has 0 amide bonds. The molecule has 1 aliphatic rings. The van der Waals surface area contributed by atoms with Gasteiger partial charge >= 0.3 is 0 Å². The molecule has 6 nitrogen and oxygen atoms in total. The van der Waals surface area contributed by atoms with E-state index in [2.05, 4.69) is 9.88 Å². The Bertz CT molecular complexity index is 659. The number of aliphatic hydroxyl groups is 1. The topological polar surface area (TPSA) is 79.5 Å². The number of fused-ring (bicyclic) bond motifs is 1. The van der Waals surface area contributed by atoms with Gasteiger partial charge in [0.1, 0.15) is 0 Å². The highest BCUT2D eigenvalue weighted by atomic mass is 16.6. The van der Waals surface area contributed by atoms with E-state index in [1.807, 2.05) is 0 Å². The van der Waals surface area contributed by atoms with E-state index in [-0.39, 0.29) is 11.8 Å². The normalized spacial score (nSPS) is 19.2. The van der Waals surface area contributed by atoms with Crippen LogP contribution in [0.3, 0.4) is 0 Å². The Balaban J connectivity index is 2.12. The first-order valence-electron chi connectivity index (χ1n) is 6.61. The van der Waals surface area contributed by atoms with Gasteiger partial charge < -0.3 is 10.0 Å². The largest absolute Gasteiger partial charge is 0.391 e. The third kappa shape index (κ3) is 2.18. The molecule has 1 atom stereocenters. The van der Waals surface area contributed by atoms with Crippen LogP contribution in [0.15, 0.2) is 30.6 Å². The van der Waals surface area contributed by atoms with Crippen molar-refractivity contribution in [2.75, 3.05) is 18.0 Å². The van der Waals surface area contributed by atoms with Crippen molar-refractivity contribution < 1.29 is 10.0 Å². The standard InChI is InChI=1S/C14H15N3O3/c18-10-2-1-7-16(9-10)13-3-4-14(17(19)20)12-8-15-6-5-11(12)13/h3-6,8,10,18H,1-2,7,9H2. The zero-order valence-electron chi connectivity index (χ0n) is 10.9. The van der Waals surface area contributed by atoms with Gasteiger partial charge in [-0.05, 0) is 25.0 Å². The van der Waals surface area contributed by atoms with Crippen LogP contribution in [0.1, 0.15) is 12.8 Å². The molecule has 20 heavy (non-hydrogen) atoms. The van der Waals surface area contributed by atoms with Crippen LogP contribution < -0.4 is 4.90 Å². The van der Waals surface area contributed by atoms with Crippen LogP contribution in [0.2, 0.25) is 0 Å². The lowest BCUT2D eigenvalue weighted by Crippen LogP contribution is -2.38. The Morgan fingerprint density at radius 1 is 1.35 bits per heavy atom. The zero-order valence-corrected chi connectivity index (χ0v) is 10.9. The number of nitro benzene ring substituents is 1. The quantitative estimate of drug-likeness (QED) is 0.669. The number of β-amino-alcohol motifs (C(OH)–C–C–N with tert-alkyl or cyclic N) is 1. The molecule has 1 aromatic carbocycles. The first-order valence-corrected chi connectivity index (χ1v) is 6.61. The molecular weight excluding hydrogens is 258 g/mol. The number of anilines is 1. The number of aromatic nitrogens is 1. The van der Waals surface area contributed by atoms with Gasteiger partial charge in [-0.1, -0.05) is 0 Å². The highest BCUT2D eigenvalue weighted by Crippen LogP contribution is 2.34. The van der Waals surface area contributed by atoms with Gasteiger partial charge in [-0.25, -0.2) is 0 Å². The fraction of sp³-hybridized carbons (Fsp3) is 0.357. The van der Waals surface area contributed by atoms with Gasteiger partial charge in [0.25, 0.3) is 5.69 Å². The maximum absolute atomic E-state index is 11.1. The molecule has 1 unspecified atom stereocenters. The van der Waals surface area contributed by atoms with Gasteiger partial charge in [-0.15, -0.1) is 0 Å². The van der Waals surface area contributed by atoms with E-state index in [0.717, 1.165) is 30.5 Å². The predicted molar refractivity (Wildman–Crippen MR) is 75.9 cm³/mol. The maximum Gasteiger partial charge on any atom is 0.278 e. The van der Waals surface area contributed by atoms with Gasteiger partial charge in [0.15, 0.2) is 0 Å². The Morgan fingerprint density at radius 3 is 2.95 bits per heavy atom. The molecule has 104 valence electrons. The zero-order chi connectivity index (χ0) is 14.1. The summed E-state index contributed by atoms with van der Waals surface area (Å²) >= 11 is 0. The summed E-state index contributed by atoms with van der Waals surface area (Å²) in [6, 6.07) is 5.07. The van der Waals surface area contributed by atoms with E-state index in [1.54, 1.807) is 18.3 Å². The molecule has 2 heterocycles. The molecule has 0 saturated carbocycles. The summed E-state index contributed by atoms with van der Waals surface area (Å²) < 4.78 is 0. The number of hydrogen-bond donors (Lipinski definition) is 1. The SMILES string of the molecule is O=[N+]([O-])c1ccc(N2CCCC(O)C2)c2ccncc12. The lowest BCUT2D eigenvalue weighted by atomic mass is 10.0. The van der Waals surface area contributed by atoms with Crippen molar-refractivity contribution in [3.63, 3.8) is 0 Å². The number of piperidine rings is 1. The minimum atomic E-state index is -0.390. The smallest absolute Gasteiger partial charge is 0.278 e. The molecule has 1 aromatic heterocycles. The fourth-order valence-electron chi connectivity index (χ4n) is 2.77. The number of nitro groups is 1. The highest BCUT2D eigenvalue weighted by Gasteiger charge is 2.22. The number of pyridine rings is 1. The van der Waals surface area contributed by atoms with Crippen molar-refractivity contribution in [1.82, 2.24) is 4.98 Å². The van der Waals surface area contributed by atoms with Crippen LogP contribution in [0.4, 0.5) is 11.4 Å². The molecular formula is C14H15N3O3. The van der Waals surface area contributed by atoms with Gasteiger partial charge in [0.2, 0.25) is 0 Å². The van der Waals surface area contributed by atoms with Crippen molar-refractivity contribution in [3.8, 4) is 0 Å². The molecule has 1 N–H and O–H groups in total. The summed E-state index contributed by atoms with van der Waals surface area (Å²) in [6.07, 6.45) is 4.55. The molecule has 2 aromatic rings. The van der Waals surface area contributed by atoms with E-state index >= 15 is 0 Å². The number of aliphatic hydroxyl groups excluding tert-OH is 1. The number of benzene rings is 1. The van der Waals surface area contributed by atoms with Gasteiger partial charge in [-0.2, -0.15) is 0 Å². The summed E-state index contributed by atoms with van der Waals surface area (Å²) in [6.45, 7) is 1.42. The van der Waals surface area contributed by atoms with E-state index < -0.39 is 4.92 Å². The minimum absolute atomic E-state index is 0.0643. The number of nitrogens with zero attached hydrogens (tertiary/aromatic N) is 3. The van der Waals surface area contributed by atoms with Crippen molar-refractivity contribution >= 4 is 22.1 Å². The van der Waals surface area contributed by atoms with E-state index in [4.69, 9.17) is 0 Å². The Labute approximate surface area is 115 Å². The minimum Gasteiger partial charge on any atom is -0.391 e. The summed E-state index contributed by atoms with van der Waals surface area (Å²) in [5.41, 5.74) is 0.987. The van der Waals surface area contributed by atoms with Crippen LogP contribution in [-0.4, -0.2) is 34.2 Å². The highest BCUT2D eigenvalue weighted by molar-refractivity contribution is 5.99. The summed E-state index contributed by atoms with van der Waals surface area (Å²) in [5, 5.41) is 22.2. The fourth-order valence-corrected chi connectivity index (χ4v) is 2.77. The second-order valence-corrected chi connectivity index (χ2v) is 5.02. The molecule has 1 fully saturated rings. The van der Waals surface area contributed by atoms with Gasteiger partial charge in [0, 0.05) is 42.6 Å². The Morgan fingerprint density at radius 2 is 2.20 bits per heavy atom. The van der Waals surface area contributed by atoms with Crippen molar-refractivity contribution in [2.24, 2.45) is 0 Å². The van der Waals surface area contributed by atoms with Crippen LogP contribution in [0, 0.1) is 10.1 Å². The monoisotopic (exact) mass is 273 g/mol. The van der Waals surface area contributed by atoms with Crippen LogP contribution in [0.25, 0.3) is 10.8 Å². The molecule has 0 spiro atoms. The van der Waals surface area contributed by atoms with Crippen molar-refractivity contribution in [2.45, 2.75) is 18.9 Å². The first kappa shape index (κ1) is 12.8. The molecule has 1 saturated heterocycles. The molecule has 0 bridgehead atoms. The number of non-ortho nitro benzene ring substituents is 1. The molecule has 1 aliphatic heterocycles. The van der Waals surface area contributed by atoms with Crippen LogP contribution >= 0.6 is 0 Å². The Hall–Kier alpha value is -2.21. The molecule has 6 heteroatoms. The van der Waals surface area contributed by atoms with Gasteiger partial charge in [0.05, 0.1) is 16.4 Å². The Kier molecular flexibility index (Phi) is 3.23. The summed E-state index contributed by atoms with van der Waals surface area (Å²) in [4.78, 5) is 16.8. The average molecular weight is 273 g/mol. The van der Waals surface area contributed by atoms with E-state index in [0.29, 0.717) is 11.9 Å². The third-order valence-corrected chi connectivity index (χ3v) is 3.71. The first-order chi connectivity index (χ1) is 9.66. The van der Waals surface area contributed by atoms with E-state index in [1.165, 1.54) is 12.3 Å². The lowest BCUT2D eigenvalue weighted by Gasteiger charge is -2.32. The molecule has 0 aliphatic carbocycles. The molecule has 0 radical (unpaired) electrons. The van der Waals surface area contributed by atoms with E-state index in [9.17, 15) is 15.2 Å². The van der Waals surface area contributed by atoms with Crippen molar-refractivity contribution in [3.05, 3.63) is 40.7 Å². The second-order valence-electron chi connectivity index (χ2n) is 5.02. The summed E-state index contributed by atoms with van der Waals surface area (Å²) in [7, 11) is 0. The predicted octanol–water partition coefficient (Wildman–Crippen LogP) is 2.10. The van der Waals surface area contributed by atoms with Crippen molar-refractivity contribution in [1.29, 1.82) is 0 Å². The lowest BCUT2D eigenvalue weighted by molar-refractivity contribution is -0.383. The molecule has 3 rings (SSSR count). The number of rotatable bonds is 2. The van der Waals surface area contributed by atoms with Gasteiger partial charge in [-0.3, -0.25) is 15.1 Å².